The SMILES string of the molecule is CCC(=O)N(c1ccc(S(=O)(=O)Nc2ccon2)cn1)c1cc(Cl)c(-c2cc(C)c(F)c(OC)c2)cc1OC. The summed E-state index contributed by atoms with van der Waals surface area (Å²) in [5, 5.41) is 3.78. The molecule has 39 heavy (non-hydrogen) atoms. The number of aryl methyl sites for hydroxylation is 1. The van der Waals surface area contributed by atoms with Crippen molar-refractivity contribution in [3.8, 4) is 22.6 Å². The fourth-order valence-electron chi connectivity index (χ4n) is 3.81. The van der Waals surface area contributed by atoms with Crippen LogP contribution in [0.3, 0.4) is 0 Å². The Hall–Kier alpha value is -4.16. The highest BCUT2D eigenvalue weighted by Gasteiger charge is 2.25. The van der Waals surface area contributed by atoms with Gasteiger partial charge in [0.1, 0.15) is 22.7 Å². The van der Waals surface area contributed by atoms with Crippen LogP contribution in [0.25, 0.3) is 11.1 Å². The van der Waals surface area contributed by atoms with E-state index in [2.05, 4.69) is 19.4 Å². The molecule has 2 heterocycles. The maximum absolute atomic E-state index is 14.3. The standard InChI is InChI=1S/C26H24ClFN4O6S/c1-5-25(33)32(24-7-6-17(14-29-24)39(34,35)31-23-8-9-38-30-23)20-13-19(27)18(12-21(20)36-3)16-10-15(2)26(28)22(11-16)37-4/h6-14H,5H2,1-4H3,(H,30,31). The molecule has 0 fully saturated rings. The number of hydrogen-bond donors (Lipinski definition) is 1. The molecular weight excluding hydrogens is 551 g/mol. The number of amides is 1. The smallest absolute Gasteiger partial charge is 0.264 e. The number of sulfonamides is 1. The summed E-state index contributed by atoms with van der Waals surface area (Å²) in [6, 6.07) is 10.3. The molecule has 10 nitrogen and oxygen atoms in total. The molecule has 0 unspecified atom stereocenters. The van der Waals surface area contributed by atoms with Gasteiger partial charge in [0.05, 0.1) is 24.9 Å². The van der Waals surface area contributed by atoms with Crippen LogP contribution in [-0.2, 0) is 14.8 Å². The molecule has 0 bridgehead atoms. The number of benzene rings is 2. The topological polar surface area (TPSA) is 124 Å². The first-order valence-electron chi connectivity index (χ1n) is 11.5. The first kappa shape index (κ1) is 27.9. The van der Waals surface area contributed by atoms with Crippen molar-refractivity contribution >= 4 is 44.9 Å². The van der Waals surface area contributed by atoms with Gasteiger partial charge in [-0.05, 0) is 54.4 Å². The Bertz CT molecular complexity index is 1610. The number of carbonyl (C=O) groups is 1. The van der Waals surface area contributed by atoms with Crippen LogP contribution < -0.4 is 19.1 Å². The first-order chi connectivity index (χ1) is 18.6. The lowest BCUT2D eigenvalue weighted by atomic mass is 10.0. The number of pyridine rings is 1. The van der Waals surface area contributed by atoms with Gasteiger partial charge in [-0.15, -0.1) is 0 Å². The molecule has 4 rings (SSSR count). The Morgan fingerprint density at radius 3 is 2.46 bits per heavy atom. The van der Waals surface area contributed by atoms with Gasteiger partial charge >= 0.3 is 0 Å². The number of halogens is 2. The van der Waals surface area contributed by atoms with E-state index < -0.39 is 15.8 Å². The lowest BCUT2D eigenvalue weighted by Crippen LogP contribution is -2.26. The molecule has 0 saturated heterocycles. The Morgan fingerprint density at radius 1 is 1.13 bits per heavy atom. The maximum atomic E-state index is 14.3. The van der Waals surface area contributed by atoms with Crippen LogP contribution in [-0.4, -0.2) is 38.7 Å². The maximum Gasteiger partial charge on any atom is 0.264 e. The average molecular weight is 575 g/mol. The zero-order valence-corrected chi connectivity index (χ0v) is 22.9. The van der Waals surface area contributed by atoms with E-state index in [1.165, 1.54) is 55.7 Å². The molecule has 0 aliphatic rings. The van der Waals surface area contributed by atoms with Gasteiger partial charge in [-0.1, -0.05) is 23.7 Å². The van der Waals surface area contributed by atoms with Crippen molar-refractivity contribution in [2.24, 2.45) is 0 Å². The van der Waals surface area contributed by atoms with E-state index in [1.54, 1.807) is 26.0 Å². The second kappa shape index (κ2) is 11.3. The fourth-order valence-corrected chi connectivity index (χ4v) is 5.02. The van der Waals surface area contributed by atoms with Gasteiger partial charge in [0.25, 0.3) is 10.0 Å². The lowest BCUT2D eigenvalue weighted by molar-refractivity contribution is -0.117. The summed E-state index contributed by atoms with van der Waals surface area (Å²) >= 11 is 6.66. The minimum Gasteiger partial charge on any atom is -0.495 e. The second-order valence-electron chi connectivity index (χ2n) is 8.24. The molecule has 0 saturated carbocycles. The van der Waals surface area contributed by atoms with Gasteiger partial charge in [0.2, 0.25) is 5.91 Å². The van der Waals surface area contributed by atoms with E-state index >= 15 is 0 Å². The van der Waals surface area contributed by atoms with E-state index in [4.69, 9.17) is 21.1 Å². The number of carbonyl (C=O) groups excluding carboxylic acids is 1. The van der Waals surface area contributed by atoms with Gasteiger partial charge in [0, 0.05) is 24.2 Å². The predicted octanol–water partition coefficient (Wildman–Crippen LogP) is 5.73. The number of ether oxygens (including phenoxy) is 2. The summed E-state index contributed by atoms with van der Waals surface area (Å²) in [4.78, 5) is 18.5. The molecule has 1 amide bonds. The van der Waals surface area contributed by atoms with Crippen molar-refractivity contribution < 1.29 is 31.6 Å². The molecule has 13 heteroatoms. The number of methoxy groups -OCH3 is 2. The summed E-state index contributed by atoms with van der Waals surface area (Å²) in [7, 11) is -1.20. The summed E-state index contributed by atoms with van der Waals surface area (Å²) in [6.07, 6.45) is 2.45. The van der Waals surface area contributed by atoms with Crippen LogP contribution >= 0.6 is 11.6 Å². The van der Waals surface area contributed by atoms with E-state index in [0.29, 0.717) is 16.7 Å². The number of nitrogens with one attached hydrogen (secondary N) is 1. The largest absolute Gasteiger partial charge is 0.495 e. The molecule has 4 aromatic rings. The predicted molar refractivity (Wildman–Crippen MR) is 144 cm³/mol. The zero-order chi connectivity index (χ0) is 28.3. The van der Waals surface area contributed by atoms with E-state index in [9.17, 15) is 17.6 Å². The van der Waals surface area contributed by atoms with Crippen molar-refractivity contribution in [1.82, 2.24) is 10.1 Å². The summed E-state index contributed by atoms with van der Waals surface area (Å²) in [5.41, 5.74) is 1.76. The van der Waals surface area contributed by atoms with E-state index in [0.717, 1.165) is 6.20 Å². The molecular formula is C26H24ClFN4O6S. The Balaban J connectivity index is 1.76. The molecule has 2 aromatic heterocycles. The number of anilines is 3. The molecule has 0 radical (unpaired) electrons. The third-order valence-corrected chi connectivity index (χ3v) is 7.40. The van der Waals surface area contributed by atoms with Gasteiger partial charge in [-0.2, -0.15) is 0 Å². The molecule has 2 aromatic carbocycles. The molecule has 204 valence electrons. The Kier molecular flexibility index (Phi) is 8.07. The van der Waals surface area contributed by atoms with Gasteiger partial charge < -0.3 is 14.0 Å². The van der Waals surface area contributed by atoms with Gasteiger partial charge in [-0.3, -0.25) is 14.4 Å². The Labute approximate surface area is 229 Å². The minimum absolute atomic E-state index is 0.00954. The minimum atomic E-state index is -4.01. The van der Waals surface area contributed by atoms with E-state index in [1.807, 2.05) is 0 Å². The normalized spacial score (nSPS) is 11.2. The molecule has 0 aliphatic carbocycles. The summed E-state index contributed by atoms with van der Waals surface area (Å²) in [5.74, 6) is -0.333. The van der Waals surface area contributed by atoms with Crippen LogP contribution in [0.4, 0.5) is 21.7 Å². The molecule has 0 atom stereocenters. The highest BCUT2D eigenvalue weighted by Crippen LogP contribution is 2.42. The Morgan fingerprint density at radius 2 is 1.87 bits per heavy atom. The van der Waals surface area contributed by atoms with Gasteiger partial charge in [-0.25, -0.2) is 17.8 Å². The van der Waals surface area contributed by atoms with Crippen LogP contribution in [0.5, 0.6) is 11.5 Å². The number of aromatic nitrogens is 2. The summed E-state index contributed by atoms with van der Waals surface area (Å²) in [6.45, 7) is 3.28. The highest BCUT2D eigenvalue weighted by atomic mass is 35.5. The van der Waals surface area contributed by atoms with Crippen molar-refractivity contribution in [2.45, 2.75) is 25.2 Å². The quantitative estimate of drug-likeness (QED) is 0.269. The molecule has 0 aliphatic heterocycles. The van der Waals surface area contributed by atoms with Crippen molar-refractivity contribution in [3.05, 3.63) is 71.3 Å². The highest BCUT2D eigenvalue weighted by molar-refractivity contribution is 7.92. The third-order valence-electron chi connectivity index (χ3n) is 5.75. The second-order valence-corrected chi connectivity index (χ2v) is 10.3. The van der Waals surface area contributed by atoms with Crippen LogP contribution in [0, 0.1) is 12.7 Å². The van der Waals surface area contributed by atoms with Crippen molar-refractivity contribution in [2.75, 3.05) is 23.8 Å². The lowest BCUT2D eigenvalue weighted by Gasteiger charge is -2.25. The molecule has 1 N–H and O–H groups in total. The number of nitrogens with zero attached hydrogens (tertiary/aromatic N) is 3. The zero-order valence-electron chi connectivity index (χ0n) is 21.4. The van der Waals surface area contributed by atoms with Crippen molar-refractivity contribution in [3.63, 3.8) is 0 Å². The van der Waals surface area contributed by atoms with Crippen molar-refractivity contribution in [1.29, 1.82) is 0 Å². The van der Waals surface area contributed by atoms with E-state index in [-0.39, 0.29) is 51.1 Å². The van der Waals surface area contributed by atoms with Crippen LogP contribution in [0.15, 0.2) is 64.3 Å². The number of rotatable bonds is 9. The third kappa shape index (κ3) is 5.66. The fraction of sp³-hybridized carbons (Fsp3) is 0.192. The van der Waals surface area contributed by atoms with Crippen LogP contribution in [0.1, 0.15) is 18.9 Å². The number of hydrogen-bond acceptors (Lipinski definition) is 8. The summed E-state index contributed by atoms with van der Waals surface area (Å²) < 4.78 is 57.3. The average Bonchev–Trinajstić information content (AvgIpc) is 3.43. The van der Waals surface area contributed by atoms with Crippen LogP contribution in [0.2, 0.25) is 5.02 Å². The first-order valence-corrected chi connectivity index (χ1v) is 13.4. The monoisotopic (exact) mass is 574 g/mol. The van der Waals surface area contributed by atoms with Gasteiger partial charge in [0.15, 0.2) is 17.4 Å². The molecule has 0 spiro atoms.